The van der Waals surface area contributed by atoms with E-state index in [4.69, 9.17) is 0 Å². The molecule has 3 rings (SSSR count). The molecule has 1 aromatic heterocycles. The molecule has 0 bridgehead atoms. The summed E-state index contributed by atoms with van der Waals surface area (Å²) in [6.07, 6.45) is 5.15. The second-order valence-corrected chi connectivity index (χ2v) is 9.29. The Labute approximate surface area is 178 Å². The lowest BCUT2D eigenvalue weighted by Crippen LogP contribution is -2.35. The third-order valence-electron chi connectivity index (χ3n) is 4.19. The van der Waals surface area contributed by atoms with E-state index >= 15 is 0 Å². The highest BCUT2D eigenvalue weighted by molar-refractivity contribution is 9.10. The van der Waals surface area contributed by atoms with E-state index in [-0.39, 0.29) is 22.4 Å². The summed E-state index contributed by atoms with van der Waals surface area (Å²) in [5.74, 6) is -0.341. The quantitative estimate of drug-likeness (QED) is 0.544. The summed E-state index contributed by atoms with van der Waals surface area (Å²) in [7, 11) is -3.85. The van der Waals surface area contributed by atoms with Crippen LogP contribution in [0, 0.1) is 6.92 Å². The molecule has 1 atom stereocenters. The van der Waals surface area contributed by atoms with Gasteiger partial charge in [0.2, 0.25) is 0 Å². The normalized spacial score (nSPS) is 12.4. The Morgan fingerprint density at radius 3 is 2.76 bits per heavy atom. The maximum absolute atomic E-state index is 12.8. The Kier molecular flexibility index (Phi) is 6.39. The summed E-state index contributed by atoms with van der Waals surface area (Å²) in [6, 6.07) is 11.2. The number of carbonyl (C=O) groups is 1. The number of nitrogens with zero attached hydrogens (tertiary/aromatic N) is 2. The molecule has 0 aliphatic heterocycles. The van der Waals surface area contributed by atoms with E-state index in [1.54, 1.807) is 36.8 Å². The molecule has 7 nitrogen and oxygen atoms in total. The standard InChI is InChI=1S/C20H21BrN4O3S/c1-14-6-7-18(21)19(10-14)24-29(27,28)17-5-3-4-16(11-17)20(26)23-15(2)12-25-9-8-22-13-25/h3-11,13,15,24H,12H2,1-2H3,(H,23,26). The number of benzene rings is 2. The highest BCUT2D eigenvalue weighted by atomic mass is 79.9. The van der Waals surface area contributed by atoms with E-state index in [1.165, 1.54) is 12.1 Å². The lowest BCUT2D eigenvalue weighted by molar-refractivity contribution is 0.0936. The predicted molar refractivity (Wildman–Crippen MR) is 115 cm³/mol. The molecule has 9 heteroatoms. The summed E-state index contributed by atoms with van der Waals surface area (Å²) in [6.45, 7) is 4.31. The van der Waals surface area contributed by atoms with Crippen LogP contribution in [-0.2, 0) is 16.6 Å². The average molecular weight is 477 g/mol. The smallest absolute Gasteiger partial charge is 0.261 e. The van der Waals surface area contributed by atoms with Crippen molar-refractivity contribution in [1.29, 1.82) is 0 Å². The zero-order valence-corrected chi connectivity index (χ0v) is 18.4. The van der Waals surface area contributed by atoms with E-state index in [1.807, 2.05) is 30.7 Å². The van der Waals surface area contributed by atoms with Gasteiger partial charge in [-0.15, -0.1) is 0 Å². The van der Waals surface area contributed by atoms with E-state index in [0.717, 1.165) is 5.56 Å². The van der Waals surface area contributed by atoms with Crippen molar-refractivity contribution in [2.24, 2.45) is 0 Å². The van der Waals surface area contributed by atoms with Gasteiger partial charge in [-0.25, -0.2) is 13.4 Å². The number of nitrogens with one attached hydrogen (secondary N) is 2. The van der Waals surface area contributed by atoms with Crippen molar-refractivity contribution in [2.75, 3.05) is 4.72 Å². The molecule has 0 radical (unpaired) electrons. The maximum atomic E-state index is 12.8. The van der Waals surface area contributed by atoms with Crippen LogP contribution < -0.4 is 10.0 Å². The number of sulfonamides is 1. The third kappa shape index (κ3) is 5.45. The Hall–Kier alpha value is -2.65. The highest BCUT2D eigenvalue weighted by Crippen LogP contribution is 2.26. The van der Waals surface area contributed by atoms with Crippen molar-refractivity contribution in [3.63, 3.8) is 0 Å². The van der Waals surface area contributed by atoms with Crippen molar-refractivity contribution in [2.45, 2.75) is 31.3 Å². The minimum Gasteiger partial charge on any atom is -0.348 e. The summed E-state index contributed by atoms with van der Waals surface area (Å²) < 4.78 is 30.7. The monoisotopic (exact) mass is 476 g/mol. The highest BCUT2D eigenvalue weighted by Gasteiger charge is 2.18. The molecule has 29 heavy (non-hydrogen) atoms. The number of imidazole rings is 1. The van der Waals surface area contributed by atoms with Crippen LogP contribution in [0.2, 0.25) is 0 Å². The number of aryl methyl sites for hydroxylation is 1. The molecule has 152 valence electrons. The van der Waals surface area contributed by atoms with Crippen LogP contribution in [0.5, 0.6) is 0 Å². The fraction of sp³-hybridized carbons (Fsp3) is 0.200. The van der Waals surface area contributed by atoms with Gasteiger partial charge in [0, 0.05) is 35.0 Å². The van der Waals surface area contributed by atoms with Gasteiger partial charge in [-0.1, -0.05) is 12.1 Å². The van der Waals surface area contributed by atoms with Crippen molar-refractivity contribution in [1.82, 2.24) is 14.9 Å². The fourth-order valence-corrected chi connectivity index (χ4v) is 4.38. The van der Waals surface area contributed by atoms with E-state index in [2.05, 4.69) is 31.0 Å². The topological polar surface area (TPSA) is 93.1 Å². The van der Waals surface area contributed by atoms with Crippen LogP contribution in [0.15, 0.2) is 70.6 Å². The van der Waals surface area contributed by atoms with Crippen molar-refractivity contribution < 1.29 is 13.2 Å². The van der Waals surface area contributed by atoms with Crippen LogP contribution in [0.25, 0.3) is 0 Å². The fourth-order valence-electron chi connectivity index (χ4n) is 2.79. The van der Waals surface area contributed by atoms with Gasteiger partial charge in [-0.3, -0.25) is 9.52 Å². The number of hydrogen-bond donors (Lipinski definition) is 2. The zero-order chi connectivity index (χ0) is 21.0. The molecule has 0 saturated carbocycles. The number of carbonyl (C=O) groups excluding carboxylic acids is 1. The lowest BCUT2D eigenvalue weighted by atomic mass is 10.2. The summed E-state index contributed by atoms with van der Waals surface area (Å²) >= 11 is 3.35. The van der Waals surface area contributed by atoms with Crippen molar-refractivity contribution in [3.05, 3.63) is 76.8 Å². The van der Waals surface area contributed by atoms with Gasteiger partial charge in [0.1, 0.15) is 0 Å². The molecule has 2 aromatic carbocycles. The van der Waals surface area contributed by atoms with Crippen molar-refractivity contribution in [3.8, 4) is 0 Å². The Morgan fingerprint density at radius 1 is 1.24 bits per heavy atom. The molecule has 1 heterocycles. The minimum atomic E-state index is -3.85. The first-order valence-electron chi connectivity index (χ1n) is 8.90. The van der Waals surface area contributed by atoms with Crippen LogP contribution in [-0.4, -0.2) is 29.9 Å². The number of rotatable bonds is 7. The van der Waals surface area contributed by atoms with Gasteiger partial charge in [0.25, 0.3) is 15.9 Å². The van der Waals surface area contributed by atoms with Gasteiger partial charge < -0.3 is 9.88 Å². The first kappa shape index (κ1) is 21.1. The molecule has 0 spiro atoms. The average Bonchev–Trinajstić information content (AvgIpc) is 3.17. The van der Waals surface area contributed by atoms with Gasteiger partial charge in [0.15, 0.2) is 0 Å². The Bertz CT molecular complexity index is 1110. The third-order valence-corrected chi connectivity index (χ3v) is 6.25. The molecule has 0 aliphatic carbocycles. The van der Waals surface area contributed by atoms with Crippen LogP contribution in [0.4, 0.5) is 5.69 Å². The van der Waals surface area contributed by atoms with Crippen LogP contribution in [0.3, 0.4) is 0 Å². The minimum absolute atomic E-state index is 0.0146. The molecule has 1 unspecified atom stereocenters. The number of aromatic nitrogens is 2. The molecule has 0 aliphatic rings. The predicted octanol–water partition coefficient (Wildman–Crippen LogP) is 3.57. The summed E-state index contributed by atoms with van der Waals surface area (Å²) in [5.41, 5.74) is 1.63. The SMILES string of the molecule is Cc1ccc(Br)c(NS(=O)(=O)c2cccc(C(=O)NC(C)Cn3ccnc3)c2)c1. The van der Waals surface area contributed by atoms with E-state index in [0.29, 0.717) is 16.7 Å². The Balaban J connectivity index is 1.75. The first-order valence-corrected chi connectivity index (χ1v) is 11.2. The summed E-state index contributed by atoms with van der Waals surface area (Å²) in [5, 5.41) is 2.87. The van der Waals surface area contributed by atoms with Gasteiger partial charge >= 0.3 is 0 Å². The van der Waals surface area contributed by atoms with E-state index in [9.17, 15) is 13.2 Å². The molecule has 2 N–H and O–H groups in total. The van der Waals surface area contributed by atoms with Crippen LogP contribution in [0.1, 0.15) is 22.8 Å². The zero-order valence-electron chi connectivity index (χ0n) is 16.0. The molecular weight excluding hydrogens is 456 g/mol. The number of anilines is 1. The molecule has 3 aromatic rings. The molecule has 1 amide bonds. The maximum Gasteiger partial charge on any atom is 0.261 e. The second-order valence-electron chi connectivity index (χ2n) is 6.75. The largest absolute Gasteiger partial charge is 0.348 e. The van der Waals surface area contributed by atoms with E-state index < -0.39 is 10.0 Å². The molecular formula is C20H21BrN4O3S. The molecule has 0 fully saturated rings. The molecule has 0 saturated heterocycles. The summed E-state index contributed by atoms with van der Waals surface area (Å²) in [4.78, 5) is 16.5. The van der Waals surface area contributed by atoms with Crippen LogP contribution >= 0.6 is 15.9 Å². The number of hydrogen-bond acceptors (Lipinski definition) is 4. The number of halogens is 1. The van der Waals surface area contributed by atoms with Gasteiger partial charge in [0.05, 0.1) is 16.9 Å². The lowest BCUT2D eigenvalue weighted by Gasteiger charge is -2.15. The van der Waals surface area contributed by atoms with Gasteiger partial charge in [-0.2, -0.15) is 0 Å². The second kappa shape index (κ2) is 8.79. The van der Waals surface area contributed by atoms with Gasteiger partial charge in [-0.05, 0) is 65.7 Å². The van der Waals surface area contributed by atoms with Crippen molar-refractivity contribution >= 4 is 37.5 Å². The Morgan fingerprint density at radius 2 is 2.03 bits per heavy atom. The first-order chi connectivity index (χ1) is 13.7. The number of amides is 1.